The maximum Gasteiger partial charge on any atom is 0.0709 e. The van der Waals surface area contributed by atoms with Crippen molar-refractivity contribution in [1.29, 1.82) is 0 Å². The molecule has 19 heavy (non-hydrogen) atoms. The molecule has 0 bridgehead atoms. The van der Waals surface area contributed by atoms with Gasteiger partial charge < -0.3 is 0 Å². The molecule has 0 aliphatic carbocycles. The number of nitrogens with zero attached hydrogens (tertiary/aromatic N) is 1. The molecule has 0 radical (unpaired) electrons. The maximum atomic E-state index is 6.11. The SMILES string of the molecule is Clc1ccccc1/C=C\c1ccc2ccccc2n1. The molecule has 0 N–H and O–H groups in total. The minimum absolute atomic E-state index is 0.750. The molecule has 0 saturated carbocycles. The van der Waals surface area contributed by atoms with E-state index in [1.807, 2.05) is 60.7 Å². The van der Waals surface area contributed by atoms with E-state index >= 15 is 0 Å². The molecule has 0 fully saturated rings. The van der Waals surface area contributed by atoms with Crippen molar-refractivity contribution < 1.29 is 0 Å². The van der Waals surface area contributed by atoms with E-state index in [-0.39, 0.29) is 0 Å². The molecule has 0 spiro atoms. The van der Waals surface area contributed by atoms with Crippen LogP contribution in [0, 0.1) is 0 Å². The number of hydrogen-bond acceptors (Lipinski definition) is 1. The van der Waals surface area contributed by atoms with Crippen LogP contribution in [0.3, 0.4) is 0 Å². The second-order valence-electron chi connectivity index (χ2n) is 4.28. The van der Waals surface area contributed by atoms with Crippen LogP contribution in [0.2, 0.25) is 5.02 Å². The van der Waals surface area contributed by atoms with E-state index in [0.717, 1.165) is 27.2 Å². The fourth-order valence-corrected chi connectivity index (χ4v) is 2.16. The number of benzene rings is 2. The molecule has 0 aliphatic heterocycles. The number of para-hydroxylation sites is 1. The summed E-state index contributed by atoms with van der Waals surface area (Å²) in [6, 6.07) is 19.9. The molecule has 0 atom stereocenters. The summed E-state index contributed by atoms with van der Waals surface area (Å²) >= 11 is 6.11. The average molecular weight is 266 g/mol. The Morgan fingerprint density at radius 3 is 2.47 bits per heavy atom. The summed E-state index contributed by atoms with van der Waals surface area (Å²) in [7, 11) is 0. The fourth-order valence-electron chi connectivity index (χ4n) is 1.96. The van der Waals surface area contributed by atoms with Crippen molar-refractivity contribution in [1.82, 2.24) is 4.98 Å². The van der Waals surface area contributed by atoms with Crippen molar-refractivity contribution in [3.05, 3.63) is 76.9 Å². The van der Waals surface area contributed by atoms with Crippen LogP contribution in [-0.2, 0) is 0 Å². The van der Waals surface area contributed by atoms with Crippen molar-refractivity contribution in [3.63, 3.8) is 0 Å². The van der Waals surface area contributed by atoms with Crippen molar-refractivity contribution in [2.24, 2.45) is 0 Å². The van der Waals surface area contributed by atoms with E-state index in [9.17, 15) is 0 Å². The van der Waals surface area contributed by atoms with Gasteiger partial charge in [-0.25, -0.2) is 4.98 Å². The van der Waals surface area contributed by atoms with E-state index in [1.54, 1.807) is 0 Å². The molecule has 1 nitrogen and oxygen atoms in total. The predicted octanol–water partition coefficient (Wildman–Crippen LogP) is 5.06. The van der Waals surface area contributed by atoms with E-state index in [2.05, 4.69) is 17.1 Å². The van der Waals surface area contributed by atoms with Crippen molar-refractivity contribution in [2.45, 2.75) is 0 Å². The normalized spacial score (nSPS) is 11.2. The summed E-state index contributed by atoms with van der Waals surface area (Å²) in [5.74, 6) is 0. The average Bonchev–Trinajstić information content (AvgIpc) is 2.46. The molecule has 0 saturated heterocycles. The summed E-state index contributed by atoms with van der Waals surface area (Å²) in [6.45, 7) is 0. The Labute approximate surface area is 117 Å². The summed E-state index contributed by atoms with van der Waals surface area (Å²) in [4.78, 5) is 4.59. The number of fused-ring (bicyclic) bond motifs is 1. The minimum Gasteiger partial charge on any atom is -0.248 e. The smallest absolute Gasteiger partial charge is 0.0709 e. The second-order valence-corrected chi connectivity index (χ2v) is 4.69. The lowest BCUT2D eigenvalue weighted by Crippen LogP contribution is -1.82. The largest absolute Gasteiger partial charge is 0.248 e. The van der Waals surface area contributed by atoms with E-state index < -0.39 is 0 Å². The van der Waals surface area contributed by atoms with E-state index in [1.165, 1.54) is 0 Å². The highest BCUT2D eigenvalue weighted by molar-refractivity contribution is 6.32. The van der Waals surface area contributed by atoms with Crippen LogP contribution in [0.1, 0.15) is 11.3 Å². The molecular weight excluding hydrogens is 254 g/mol. The number of aromatic nitrogens is 1. The first kappa shape index (κ1) is 11.9. The molecule has 0 amide bonds. The van der Waals surface area contributed by atoms with Crippen LogP contribution in [0.5, 0.6) is 0 Å². The highest BCUT2D eigenvalue weighted by Gasteiger charge is 1.96. The quantitative estimate of drug-likeness (QED) is 0.631. The number of pyridine rings is 1. The summed E-state index contributed by atoms with van der Waals surface area (Å²) in [5.41, 5.74) is 2.93. The van der Waals surface area contributed by atoms with Crippen LogP contribution in [0.15, 0.2) is 60.7 Å². The van der Waals surface area contributed by atoms with Crippen LogP contribution >= 0.6 is 11.6 Å². The lowest BCUT2D eigenvalue weighted by atomic mass is 10.1. The predicted molar refractivity (Wildman–Crippen MR) is 82.1 cm³/mol. The zero-order chi connectivity index (χ0) is 13.1. The Balaban J connectivity index is 1.95. The monoisotopic (exact) mass is 265 g/mol. The Bertz CT molecular complexity index is 747. The topological polar surface area (TPSA) is 12.9 Å². The molecule has 2 heteroatoms. The first-order chi connectivity index (χ1) is 9.33. The third-order valence-corrected chi connectivity index (χ3v) is 3.30. The van der Waals surface area contributed by atoms with Gasteiger partial charge in [-0.15, -0.1) is 0 Å². The van der Waals surface area contributed by atoms with Gasteiger partial charge in [-0.2, -0.15) is 0 Å². The Morgan fingerprint density at radius 1 is 0.789 bits per heavy atom. The minimum atomic E-state index is 0.750. The molecule has 0 unspecified atom stereocenters. The molecule has 0 aliphatic rings. The van der Waals surface area contributed by atoms with Crippen molar-refractivity contribution in [3.8, 4) is 0 Å². The zero-order valence-corrected chi connectivity index (χ0v) is 11.0. The fraction of sp³-hybridized carbons (Fsp3) is 0. The molecule has 3 rings (SSSR count). The van der Waals surface area contributed by atoms with Gasteiger partial charge in [-0.05, 0) is 29.8 Å². The first-order valence-electron chi connectivity index (χ1n) is 6.11. The second kappa shape index (κ2) is 5.25. The van der Waals surface area contributed by atoms with Gasteiger partial charge in [0.1, 0.15) is 0 Å². The standard InChI is InChI=1S/C17H12ClN/c18-16-7-3-1-5-13(16)9-11-15-12-10-14-6-2-4-8-17(14)19-15/h1-12H/b11-9-. The van der Waals surface area contributed by atoms with Crippen molar-refractivity contribution >= 4 is 34.7 Å². The molecule has 1 aromatic heterocycles. The van der Waals surface area contributed by atoms with Crippen LogP contribution < -0.4 is 0 Å². The first-order valence-corrected chi connectivity index (χ1v) is 6.49. The lowest BCUT2D eigenvalue weighted by Gasteiger charge is -1.99. The van der Waals surface area contributed by atoms with E-state index in [4.69, 9.17) is 11.6 Å². The van der Waals surface area contributed by atoms with Crippen LogP contribution in [-0.4, -0.2) is 4.98 Å². The molecule has 92 valence electrons. The molecule has 1 heterocycles. The van der Waals surface area contributed by atoms with Gasteiger partial charge in [0.25, 0.3) is 0 Å². The van der Waals surface area contributed by atoms with E-state index in [0.29, 0.717) is 0 Å². The molecule has 3 aromatic rings. The summed E-state index contributed by atoms with van der Waals surface area (Å²) in [5, 5.41) is 1.90. The van der Waals surface area contributed by atoms with Gasteiger partial charge in [0.15, 0.2) is 0 Å². The van der Waals surface area contributed by atoms with Crippen LogP contribution in [0.4, 0.5) is 0 Å². The third-order valence-electron chi connectivity index (χ3n) is 2.96. The van der Waals surface area contributed by atoms with Gasteiger partial charge in [0.2, 0.25) is 0 Å². The summed E-state index contributed by atoms with van der Waals surface area (Å²) < 4.78 is 0. The van der Waals surface area contributed by atoms with Crippen molar-refractivity contribution in [2.75, 3.05) is 0 Å². The number of hydrogen-bond donors (Lipinski definition) is 0. The Hall–Kier alpha value is -2.12. The molecular formula is C17H12ClN. The Morgan fingerprint density at radius 2 is 1.58 bits per heavy atom. The lowest BCUT2D eigenvalue weighted by molar-refractivity contribution is 1.37. The van der Waals surface area contributed by atoms with Gasteiger partial charge in [0.05, 0.1) is 11.2 Å². The highest BCUT2D eigenvalue weighted by atomic mass is 35.5. The van der Waals surface area contributed by atoms with Gasteiger partial charge in [0, 0.05) is 10.4 Å². The zero-order valence-electron chi connectivity index (χ0n) is 10.3. The Kier molecular flexibility index (Phi) is 3.30. The van der Waals surface area contributed by atoms with Crippen LogP contribution in [0.25, 0.3) is 23.1 Å². The molecule has 2 aromatic carbocycles. The third kappa shape index (κ3) is 2.67. The number of rotatable bonds is 2. The summed E-state index contributed by atoms with van der Waals surface area (Å²) in [6.07, 6.45) is 3.97. The number of halogens is 1. The van der Waals surface area contributed by atoms with Gasteiger partial charge >= 0.3 is 0 Å². The maximum absolute atomic E-state index is 6.11. The van der Waals surface area contributed by atoms with Gasteiger partial charge in [-0.3, -0.25) is 0 Å². The highest BCUT2D eigenvalue weighted by Crippen LogP contribution is 2.18. The van der Waals surface area contributed by atoms with Gasteiger partial charge in [-0.1, -0.05) is 60.1 Å².